The predicted octanol–water partition coefficient (Wildman–Crippen LogP) is 2.23. The van der Waals surface area contributed by atoms with Gasteiger partial charge in [0, 0.05) is 19.6 Å². The van der Waals surface area contributed by atoms with E-state index < -0.39 is 0 Å². The lowest BCUT2D eigenvalue weighted by Gasteiger charge is -2.09. The van der Waals surface area contributed by atoms with Gasteiger partial charge in [-0.2, -0.15) is 0 Å². The molecule has 18 heavy (non-hydrogen) atoms. The number of carbonyl (C=O) groups is 1. The SMILES string of the molecule is CC(C)CCC(=O)NCCOCCOCC(C)C. The van der Waals surface area contributed by atoms with Crippen molar-refractivity contribution in [1.29, 1.82) is 0 Å². The van der Waals surface area contributed by atoms with Crippen LogP contribution in [0.5, 0.6) is 0 Å². The van der Waals surface area contributed by atoms with E-state index in [1.54, 1.807) is 0 Å². The third kappa shape index (κ3) is 13.5. The van der Waals surface area contributed by atoms with E-state index in [0.29, 0.717) is 44.6 Å². The Kier molecular flexibility index (Phi) is 11.1. The van der Waals surface area contributed by atoms with Crippen LogP contribution in [0.4, 0.5) is 0 Å². The zero-order valence-corrected chi connectivity index (χ0v) is 12.3. The largest absolute Gasteiger partial charge is 0.379 e. The van der Waals surface area contributed by atoms with Crippen LogP contribution in [0.15, 0.2) is 0 Å². The summed E-state index contributed by atoms with van der Waals surface area (Å²) in [5, 5.41) is 2.84. The fraction of sp³-hybridized carbons (Fsp3) is 0.929. The normalized spacial score (nSPS) is 11.2. The highest BCUT2D eigenvalue weighted by Crippen LogP contribution is 2.02. The van der Waals surface area contributed by atoms with Crippen molar-refractivity contribution in [2.24, 2.45) is 11.8 Å². The minimum Gasteiger partial charge on any atom is -0.379 e. The van der Waals surface area contributed by atoms with Gasteiger partial charge in [-0.25, -0.2) is 0 Å². The van der Waals surface area contributed by atoms with Gasteiger partial charge in [0.1, 0.15) is 0 Å². The average molecular weight is 259 g/mol. The predicted molar refractivity (Wildman–Crippen MR) is 73.6 cm³/mol. The van der Waals surface area contributed by atoms with E-state index in [1.807, 2.05) is 0 Å². The Hall–Kier alpha value is -0.610. The van der Waals surface area contributed by atoms with E-state index in [-0.39, 0.29) is 5.91 Å². The highest BCUT2D eigenvalue weighted by molar-refractivity contribution is 5.75. The van der Waals surface area contributed by atoms with Gasteiger partial charge in [-0.3, -0.25) is 4.79 Å². The fourth-order valence-electron chi connectivity index (χ4n) is 1.31. The van der Waals surface area contributed by atoms with Crippen molar-refractivity contribution in [3.8, 4) is 0 Å². The number of ether oxygens (including phenoxy) is 2. The number of amides is 1. The molecule has 0 heterocycles. The van der Waals surface area contributed by atoms with Crippen LogP contribution in [0, 0.1) is 11.8 Å². The summed E-state index contributed by atoms with van der Waals surface area (Å²) < 4.78 is 10.7. The monoisotopic (exact) mass is 259 g/mol. The maximum absolute atomic E-state index is 11.4. The quantitative estimate of drug-likeness (QED) is 0.579. The van der Waals surface area contributed by atoms with E-state index in [2.05, 4.69) is 33.0 Å². The molecule has 0 aliphatic rings. The van der Waals surface area contributed by atoms with Crippen molar-refractivity contribution in [2.75, 3.05) is 33.0 Å². The third-order valence-corrected chi connectivity index (χ3v) is 2.34. The molecule has 0 aromatic heterocycles. The van der Waals surface area contributed by atoms with E-state index in [9.17, 15) is 4.79 Å². The van der Waals surface area contributed by atoms with Gasteiger partial charge in [0.15, 0.2) is 0 Å². The zero-order chi connectivity index (χ0) is 13.8. The Labute approximate surface area is 111 Å². The molecule has 0 aliphatic carbocycles. The summed E-state index contributed by atoms with van der Waals surface area (Å²) in [6.45, 7) is 11.6. The first-order valence-electron chi connectivity index (χ1n) is 6.94. The average Bonchev–Trinajstić information content (AvgIpc) is 2.29. The van der Waals surface area contributed by atoms with E-state index in [0.717, 1.165) is 13.0 Å². The molecule has 0 bridgehead atoms. The maximum atomic E-state index is 11.4. The Morgan fingerprint density at radius 1 is 1.00 bits per heavy atom. The van der Waals surface area contributed by atoms with Crippen molar-refractivity contribution < 1.29 is 14.3 Å². The molecule has 4 heteroatoms. The van der Waals surface area contributed by atoms with Crippen LogP contribution in [0.25, 0.3) is 0 Å². The molecule has 1 N–H and O–H groups in total. The van der Waals surface area contributed by atoms with Gasteiger partial charge < -0.3 is 14.8 Å². The summed E-state index contributed by atoms with van der Waals surface area (Å²) in [7, 11) is 0. The smallest absolute Gasteiger partial charge is 0.220 e. The van der Waals surface area contributed by atoms with Gasteiger partial charge in [0.25, 0.3) is 0 Å². The van der Waals surface area contributed by atoms with Gasteiger partial charge in [-0.15, -0.1) is 0 Å². The molecule has 0 unspecified atom stereocenters. The van der Waals surface area contributed by atoms with Crippen LogP contribution in [-0.4, -0.2) is 38.9 Å². The maximum Gasteiger partial charge on any atom is 0.220 e. The summed E-state index contributed by atoms with van der Waals surface area (Å²) in [6.07, 6.45) is 1.55. The Morgan fingerprint density at radius 3 is 2.28 bits per heavy atom. The number of hydrogen-bond acceptors (Lipinski definition) is 3. The molecule has 0 aromatic rings. The highest BCUT2D eigenvalue weighted by atomic mass is 16.5. The molecule has 1 amide bonds. The van der Waals surface area contributed by atoms with E-state index in [1.165, 1.54) is 0 Å². The summed E-state index contributed by atoms with van der Waals surface area (Å²) >= 11 is 0. The van der Waals surface area contributed by atoms with Gasteiger partial charge in [0.05, 0.1) is 19.8 Å². The Morgan fingerprint density at radius 2 is 1.67 bits per heavy atom. The van der Waals surface area contributed by atoms with E-state index >= 15 is 0 Å². The Balaban J connectivity index is 3.17. The van der Waals surface area contributed by atoms with E-state index in [4.69, 9.17) is 9.47 Å². The summed E-state index contributed by atoms with van der Waals surface area (Å²) in [4.78, 5) is 11.4. The molecule has 0 radical (unpaired) electrons. The second kappa shape index (κ2) is 11.5. The van der Waals surface area contributed by atoms with Crippen molar-refractivity contribution >= 4 is 5.91 Å². The molecule has 4 nitrogen and oxygen atoms in total. The standard InChI is InChI=1S/C14H29NO3/c1-12(2)5-6-14(16)15-7-8-17-9-10-18-11-13(3)4/h12-13H,5-11H2,1-4H3,(H,15,16). The lowest BCUT2D eigenvalue weighted by atomic mass is 10.1. The van der Waals surface area contributed by atoms with Crippen LogP contribution in [0.2, 0.25) is 0 Å². The van der Waals surface area contributed by atoms with Gasteiger partial charge in [-0.1, -0.05) is 27.7 Å². The van der Waals surface area contributed by atoms with Gasteiger partial charge >= 0.3 is 0 Å². The first-order valence-corrected chi connectivity index (χ1v) is 6.94. The molecule has 0 aromatic carbocycles. The summed E-state index contributed by atoms with van der Waals surface area (Å²) in [6, 6.07) is 0. The molecule has 0 rings (SSSR count). The first kappa shape index (κ1) is 17.4. The lowest BCUT2D eigenvalue weighted by molar-refractivity contribution is -0.121. The van der Waals surface area contributed by atoms with Crippen LogP contribution in [0.3, 0.4) is 0 Å². The second-order valence-corrected chi connectivity index (χ2v) is 5.36. The number of hydrogen-bond donors (Lipinski definition) is 1. The van der Waals surface area contributed by atoms with Crippen molar-refractivity contribution in [2.45, 2.75) is 40.5 Å². The lowest BCUT2D eigenvalue weighted by Crippen LogP contribution is -2.27. The molecule has 0 atom stereocenters. The third-order valence-electron chi connectivity index (χ3n) is 2.34. The van der Waals surface area contributed by atoms with Crippen LogP contribution in [0.1, 0.15) is 40.5 Å². The zero-order valence-electron chi connectivity index (χ0n) is 12.3. The van der Waals surface area contributed by atoms with Crippen molar-refractivity contribution in [3.63, 3.8) is 0 Å². The highest BCUT2D eigenvalue weighted by Gasteiger charge is 2.02. The second-order valence-electron chi connectivity index (χ2n) is 5.36. The fourth-order valence-corrected chi connectivity index (χ4v) is 1.31. The molecule has 0 saturated heterocycles. The molecule has 0 fully saturated rings. The minimum absolute atomic E-state index is 0.114. The number of rotatable bonds is 11. The van der Waals surface area contributed by atoms with Crippen LogP contribution in [-0.2, 0) is 14.3 Å². The molecular weight excluding hydrogens is 230 g/mol. The molecule has 0 spiro atoms. The molecule has 108 valence electrons. The van der Waals surface area contributed by atoms with Crippen LogP contribution < -0.4 is 5.32 Å². The van der Waals surface area contributed by atoms with Crippen molar-refractivity contribution in [3.05, 3.63) is 0 Å². The topological polar surface area (TPSA) is 47.6 Å². The Bertz CT molecular complexity index is 205. The summed E-state index contributed by atoms with van der Waals surface area (Å²) in [5.41, 5.74) is 0. The van der Waals surface area contributed by atoms with Gasteiger partial charge in [-0.05, 0) is 18.3 Å². The molecular formula is C14H29NO3. The first-order chi connectivity index (χ1) is 8.52. The summed E-state index contributed by atoms with van der Waals surface area (Å²) in [5.74, 6) is 1.25. The molecule has 0 saturated carbocycles. The van der Waals surface area contributed by atoms with Gasteiger partial charge in [0.2, 0.25) is 5.91 Å². The number of carbonyl (C=O) groups excluding carboxylic acids is 1. The van der Waals surface area contributed by atoms with Crippen molar-refractivity contribution in [1.82, 2.24) is 5.32 Å². The van der Waals surface area contributed by atoms with Crippen LogP contribution >= 0.6 is 0 Å². The molecule has 0 aliphatic heterocycles. The number of nitrogens with one attached hydrogen (secondary N) is 1. The minimum atomic E-state index is 0.114.